The number of methoxy groups -OCH3 is 1. The number of carbonyl (C=O) groups is 1. The van der Waals surface area contributed by atoms with Crippen molar-refractivity contribution in [1.29, 1.82) is 0 Å². The van der Waals surface area contributed by atoms with Gasteiger partial charge < -0.3 is 15.4 Å². The van der Waals surface area contributed by atoms with E-state index in [1.54, 1.807) is 13.3 Å². The first-order chi connectivity index (χ1) is 11.6. The lowest BCUT2D eigenvalue weighted by Crippen LogP contribution is -2.26. The zero-order valence-corrected chi connectivity index (χ0v) is 14.4. The fourth-order valence-electron chi connectivity index (χ4n) is 2.12. The number of nitrogens with one attached hydrogen (secondary N) is 2. The van der Waals surface area contributed by atoms with E-state index in [1.807, 2.05) is 12.1 Å². The summed E-state index contributed by atoms with van der Waals surface area (Å²) < 4.78 is 4.93. The predicted octanol–water partition coefficient (Wildman–Crippen LogP) is 3.11. The number of benzene rings is 1. The van der Waals surface area contributed by atoms with Gasteiger partial charge in [-0.1, -0.05) is 26.0 Å². The van der Waals surface area contributed by atoms with Gasteiger partial charge in [-0.25, -0.2) is 9.97 Å². The van der Waals surface area contributed by atoms with Gasteiger partial charge in [-0.15, -0.1) is 0 Å². The number of aromatic nitrogens is 2. The van der Waals surface area contributed by atoms with Gasteiger partial charge >= 0.3 is 0 Å². The SMILES string of the molecule is COCCCNC(=O)c1cnc(Nc2ccc(C(C)C)cc2)cn1. The largest absolute Gasteiger partial charge is 0.385 e. The molecule has 1 aromatic carbocycles. The van der Waals surface area contributed by atoms with Gasteiger partial charge in [0.2, 0.25) is 0 Å². The summed E-state index contributed by atoms with van der Waals surface area (Å²) in [4.78, 5) is 20.3. The maximum absolute atomic E-state index is 11.9. The molecule has 0 atom stereocenters. The van der Waals surface area contributed by atoms with Crippen LogP contribution in [0.4, 0.5) is 11.5 Å². The van der Waals surface area contributed by atoms with E-state index < -0.39 is 0 Å². The molecular weight excluding hydrogens is 304 g/mol. The van der Waals surface area contributed by atoms with Crippen molar-refractivity contribution in [2.45, 2.75) is 26.2 Å². The molecule has 1 amide bonds. The Hall–Kier alpha value is -2.47. The summed E-state index contributed by atoms with van der Waals surface area (Å²) in [5.74, 6) is 0.871. The first kappa shape index (κ1) is 17.9. The van der Waals surface area contributed by atoms with Crippen molar-refractivity contribution in [3.05, 3.63) is 47.9 Å². The van der Waals surface area contributed by atoms with Gasteiger partial charge in [0, 0.05) is 25.9 Å². The first-order valence-corrected chi connectivity index (χ1v) is 8.06. The topological polar surface area (TPSA) is 76.1 Å². The van der Waals surface area contributed by atoms with Gasteiger partial charge in [0.15, 0.2) is 0 Å². The molecule has 0 saturated heterocycles. The molecule has 0 unspecified atom stereocenters. The molecule has 0 fully saturated rings. The lowest BCUT2D eigenvalue weighted by Gasteiger charge is -2.09. The van der Waals surface area contributed by atoms with Crippen molar-refractivity contribution in [2.75, 3.05) is 25.6 Å². The average Bonchev–Trinajstić information content (AvgIpc) is 2.59. The van der Waals surface area contributed by atoms with Crippen molar-refractivity contribution in [2.24, 2.45) is 0 Å². The van der Waals surface area contributed by atoms with Crippen LogP contribution in [0.5, 0.6) is 0 Å². The molecule has 0 aliphatic heterocycles. The van der Waals surface area contributed by atoms with Gasteiger partial charge in [0.05, 0.1) is 12.4 Å². The molecule has 1 aromatic heterocycles. The normalized spacial score (nSPS) is 10.7. The fraction of sp³-hybridized carbons (Fsp3) is 0.389. The minimum atomic E-state index is -0.230. The Morgan fingerprint density at radius 1 is 1.17 bits per heavy atom. The Kier molecular flexibility index (Phi) is 6.69. The van der Waals surface area contributed by atoms with Crippen LogP contribution in [0.15, 0.2) is 36.7 Å². The number of carbonyl (C=O) groups excluding carboxylic acids is 1. The summed E-state index contributed by atoms with van der Waals surface area (Å²) in [7, 11) is 1.63. The molecule has 0 spiro atoms. The van der Waals surface area contributed by atoms with Crippen LogP contribution in [0.3, 0.4) is 0 Å². The molecule has 2 aromatic rings. The highest BCUT2D eigenvalue weighted by atomic mass is 16.5. The lowest BCUT2D eigenvalue weighted by molar-refractivity contribution is 0.0943. The summed E-state index contributed by atoms with van der Waals surface area (Å²) in [5, 5.41) is 5.95. The molecule has 128 valence electrons. The van der Waals surface area contributed by atoms with Gasteiger partial charge in [-0.05, 0) is 30.0 Å². The maximum Gasteiger partial charge on any atom is 0.271 e. The van der Waals surface area contributed by atoms with Crippen LogP contribution < -0.4 is 10.6 Å². The highest BCUT2D eigenvalue weighted by Crippen LogP contribution is 2.19. The molecule has 6 nitrogen and oxygen atoms in total. The quantitative estimate of drug-likeness (QED) is 0.728. The summed E-state index contributed by atoms with van der Waals surface area (Å²) in [6.45, 7) is 5.49. The van der Waals surface area contributed by atoms with Crippen molar-refractivity contribution in [1.82, 2.24) is 15.3 Å². The van der Waals surface area contributed by atoms with E-state index >= 15 is 0 Å². The molecule has 0 bridgehead atoms. The number of amides is 1. The van der Waals surface area contributed by atoms with Crippen molar-refractivity contribution < 1.29 is 9.53 Å². The Morgan fingerprint density at radius 2 is 1.92 bits per heavy atom. The number of ether oxygens (including phenoxy) is 1. The van der Waals surface area contributed by atoms with Crippen molar-refractivity contribution in [3.8, 4) is 0 Å². The van der Waals surface area contributed by atoms with Gasteiger partial charge in [-0.2, -0.15) is 0 Å². The van der Waals surface area contributed by atoms with Gasteiger partial charge in [-0.3, -0.25) is 4.79 Å². The van der Waals surface area contributed by atoms with E-state index in [-0.39, 0.29) is 5.91 Å². The number of anilines is 2. The van der Waals surface area contributed by atoms with Crippen molar-refractivity contribution in [3.63, 3.8) is 0 Å². The summed E-state index contributed by atoms with van der Waals surface area (Å²) in [6, 6.07) is 8.19. The van der Waals surface area contributed by atoms with Crippen LogP contribution in [0, 0.1) is 0 Å². The Balaban J connectivity index is 1.90. The van der Waals surface area contributed by atoms with Gasteiger partial charge in [0.25, 0.3) is 5.91 Å². The van der Waals surface area contributed by atoms with E-state index in [2.05, 4.69) is 46.6 Å². The van der Waals surface area contributed by atoms with E-state index in [4.69, 9.17) is 4.74 Å². The second-order valence-electron chi connectivity index (χ2n) is 5.79. The standard InChI is InChI=1S/C18H24N4O2/c1-13(2)14-5-7-15(8-6-14)22-17-12-20-16(11-21-17)18(23)19-9-4-10-24-3/h5-8,11-13H,4,9-10H2,1-3H3,(H,19,23)(H,21,22). The molecule has 2 N–H and O–H groups in total. The van der Waals surface area contributed by atoms with Crippen LogP contribution in [-0.2, 0) is 4.74 Å². The average molecular weight is 328 g/mol. The molecule has 24 heavy (non-hydrogen) atoms. The smallest absolute Gasteiger partial charge is 0.271 e. The third-order valence-corrected chi connectivity index (χ3v) is 3.55. The highest BCUT2D eigenvalue weighted by Gasteiger charge is 2.07. The fourth-order valence-corrected chi connectivity index (χ4v) is 2.12. The third kappa shape index (κ3) is 5.31. The van der Waals surface area contributed by atoms with Crippen LogP contribution >= 0.6 is 0 Å². The zero-order chi connectivity index (χ0) is 17.4. The monoisotopic (exact) mass is 328 g/mol. The minimum Gasteiger partial charge on any atom is -0.385 e. The molecule has 6 heteroatoms. The van der Waals surface area contributed by atoms with E-state index in [1.165, 1.54) is 11.8 Å². The van der Waals surface area contributed by atoms with Crippen LogP contribution in [0.25, 0.3) is 0 Å². The number of rotatable bonds is 8. The summed E-state index contributed by atoms with van der Waals surface area (Å²) in [5.41, 5.74) is 2.52. The third-order valence-electron chi connectivity index (χ3n) is 3.55. The first-order valence-electron chi connectivity index (χ1n) is 8.06. The molecule has 2 rings (SSSR count). The van der Waals surface area contributed by atoms with E-state index in [0.717, 1.165) is 12.1 Å². The maximum atomic E-state index is 11.9. The lowest BCUT2D eigenvalue weighted by atomic mass is 10.0. The minimum absolute atomic E-state index is 0.230. The molecule has 1 heterocycles. The van der Waals surface area contributed by atoms with Crippen LogP contribution in [-0.4, -0.2) is 36.1 Å². The van der Waals surface area contributed by atoms with Crippen LogP contribution in [0.2, 0.25) is 0 Å². The number of hydrogen-bond donors (Lipinski definition) is 2. The predicted molar refractivity (Wildman–Crippen MR) is 94.7 cm³/mol. The summed E-state index contributed by atoms with van der Waals surface area (Å²) >= 11 is 0. The number of hydrogen-bond acceptors (Lipinski definition) is 5. The van der Waals surface area contributed by atoms with E-state index in [0.29, 0.717) is 30.6 Å². The molecule has 0 aliphatic carbocycles. The Labute approximate surface area is 142 Å². The molecular formula is C18H24N4O2. The Bertz CT molecular complexity index is 639. The van der Waals surface area contributed by atoms with E-state index in [9.17, 15) is 4.79 Å². The van der Waals surface area contributed by atoms with Gasteiger partial charge in [0.1, 0.15) is 11.5 Å². The molecule has 0 radical (unpaired) electrons. The summed E-state index contributed by atoms with van der Waals surface area (Å²) in [6.07, 6.45) is 3.79. The Morgan fingerprint density at radius 3 is 2.50 bits per heavy atom. The zero-order valence-electron chi connectivity index (χ0n) is 14.4. The molecule has 0 saturated carbocycles. The number of nitrogens with zero attached hydrogens (tertiary/aromatic N) is 2. The molecule has 0 aliphatic rings. The highest BCUT2D eigenvalue weighted by molar-refractivity contribution is 5.92. The van der Waals surface area contributed by atoms with Crippen molar-refractivity contribution >= 4 is 17.4 Å². The second kappa shape index (κ2) is 8.98. The second-order valence-corrected chi connectivity index (χ2v) is 5.79. The van der Waals surface area contributed by atoms with Crippen LogP contribution in [0.1, 0.15) is 42.2 Å².